The Morgan fingerprint density at radius 1 is 1.12 bits per heavy atom. The van der Waals surface area contributed by atoms with E-state index in [1.165, 1.54) is 0 Å². The maximum atomic E-state index is 12.9. The van der Waals surface area contributed by atoms with Gasteiger partial charge in [0.25, 0.3) is 5.91 Å². The molecule has 1 atom stereocenters. The normalized spacial score (nSPS) is 13.6. The Labute approximate surface area is 153 Å². The molecule has 4 nitrogen and oxygen atoms in total. The topological polar surface area (TPSA) is 47.6 Å². The van der Waals surface area contributed by atoms with Crippen LogP contribution in [0.3, 0.4) is 0 Å². The van der Waals surface area contributed by atoms with Gasteiger partial charge in [0.05, 0.1) is 6.61 Å². The first-order valence-corrected chi connectivity index (χ1v) is 9.43. The molecule has 1 rings (SSSR count). The number of anilines is 1. The van der Waals surface area contributed by atoms with Gasteiger partial charge in [-0.1, -0.05) is 27.7 Å². The first-order chi connectivity index (χ1) is 11.7. The number of aryl methyl sites for hydroxylation is 2. The monoisotopic (exact) mass is 349 g/mol. The maximum absolute atomic E-state index is 12.9. The number of carbonyl (C=O) groups excluding carboxylic acids is 1. The molecule has 0 aliphatic heterocycles. The van der Waals surface area contributed by atoms with E-state index in [0.29, 0.717) is 25.6 Å². The van der Waals surface area contributed by atoms with Crippen LogP contribution in [0.4, 0.5) is 5.69 Å². The van der Waals surface area contributed by atoms with Crippen LogP contribution < -0.4 is 10.1 Å². The van der Waals surface area contributed by atoms with E-state index < -0.39 is 5.60 Å². The van der Waals surface area contributed by atoms with E-state index >= 15 is 0 Å². The molecule has 0 bridgehead atoms. The van der Waals surface area contributed by atoms with E-state index in [1.54, 1.807) is 0 Å². The van der Waals surface area contributed by atoms with Crippen molar-refractivity contribution >= 4 is 11.6 Å². The lowest BCUT2D eigenvalue weighted by Gasteiger charge is -2.30. The van der Waals surface area contributed by atoms with Crippen molar-refractivity contribution < 1.29 is 14.3 Å². The Morgan fingerprint density at radius 2 is 1.68 bits per heavy atom. The summed E-state index contributed by atoms with van der Waals surface area (Å²) in [4.78, 5) is 12.9. The van der Waals surface area contributed by atoms with Crippen molar-refractivity contribution in [2.24, 2.45) is 5.92 Å². The number of nitrogens with one attached hydrogen (secondary N) is 1. The summed E-state index contributed by atoms with van der Waals surface area (Å²) in [5, 5.41) is 3.04. The first-order valence-electron chi connectivity index (χ1n) is 9.43. The van der Waals surface area contributed by atoms with E-state index in [9.17, 15) is 4.79 Å². The van der Waals surface area contributed by atoms with Gasteiger partial charge in [0.15, 0.2) is 0 Å². The molecule has 0 aliphatic carbocycles. The Kier molecular flexibility index (Phi) is 8.43. The lowest BCUT2D eigenvalue weighted by molar-refractivity contribution is -0.141. The van der Waals surface area contributed by atoms with Crippen LogP contribution in [-0.4, -0.2) is 24.7 Å². The van der Waals surface area contributed by atoms with Crippen molar-refractivity contribution in [1.82, 2.24) is 0 Å². The van der Waals surface area contributed by atoms with Gasteiger partial charge in [0.2, 0.25) is 0 Å². The molecule has 0 saturated heterocycles. The van der Waals surface area contributed by atoms with Gasteiger partial charge in [-0.25, -0.2) is 0 Å². The highest BCUT2D eigenvalue weighted by Crippen LogP contribution is 2.29. The molecule has 1 aromatic carbocycles. The maximum Gasteiger partial charge on any atom is 0.256 e. The number of ether oxygens (including phenoxy) is 2. The predicted octanol–water partition coefficient (Wildman–Crippen LogP) is 5.26. The Balaban J connectivity index is 2.96. The molecule has 0 aromatic heterocycles. The number of rotatable bonds is 10. The number of hydrogen-bond donors (Lipinski definition) is 1. The largest absolute Gasteiger partial charge is 0.493 e. The molecule has 1 aromatic rings. The molecule has 1 unspecified atom stereocenters. The van der Waals surface area contributed by atoms with E-state index in [-0.39, 0.29) is 5.91 Å². The summed E-state index contributed by atoms with van der Waals surface area (Å²) in [6, 6.07) is 3.93. The summed E-state index contributed by atoms with van der Waals surface area (Å²) in [5.41, 5.74) is 2.04. The van der Waals surface area contributed by atoms with Gasteiger partial charge in [-0.3, -0.25) is 4.79 Å². The van der Waals surface area contributed by atoms with Crippen LogP contribution in [0.5, 0.6) is 5.75 Å². The molecule has 1 N–H and O–H groups in total. The van der Waals surface area contributed by atoms with Crippen LogP contribution in [0.1, 0.15) is 65.0 Å². The third-order valence-corrected chi connectivity index (χ3v) is 4.07. The van der Waals surface area contributed by atoms with E-state index in [4.69, 9.17) is 9.47 Å². The molecule has 4 heteroatoms. The number of amides is 1. The van der Waals surface area contributed by atoms with Gasteiger partial charge in [-0.15, -0.1) is 0 Å². The zero-order valence-electron chi connectivity index (χ0n) is 17.0. The minimum Gasteiger partial charge on any atom is -0.493 e. The van der Waals surface area contributed by atoms with E-state index in [0.717, 1.165) is 35.4 Å². The van der Waals surface area contributed by atoms with Crippen LogP contribution in [0, 0.1) is 19.8 Å². The summed E-state index contributed by atoms with van der Waals surface area (Å²) in [6.45, 7) is 15.5. The summed E-state index contributed by atoms with van der Waals surface area (Å²) in [5.74, 6) is 1.20. The summed E-state index contributed by atoms with van der Waals surface area (Å²) in [7, 11) is 0. The Morgan fingerprint density at radius 3 is 2.16 bits per heavy atom. The lowest BCUT2D eigenvalue weighted by atomic mass is 9.92. The van der Waals surface area contributed by atoms with E-state index in [1.807, 2.05) is 32.9 Å². The second kappa shape index (κ2) is 9.81. The van der Waals surface area contributed by atoms with Gasteiger partial charge in [0.1, 0.15) is 11.4 Å². The van der Waals surface area contributed by atoms with Crippen LogP contribution in [0.25, 0.3) is 0 Å². The summed E-state index contributed by atoms with van der Waals surface area (Å²) >= 11 is 0. The lowest BCUT2D eigenvalue weighted by Crippen LogP contribution is -2.44. The van der Waals surface area contributed by atoms with Gasteiger partial charge < -0.3 is 14.8 Å². The fourth-order valence-electron chi connectivity index (χ4n) is 3.04. The smallest absolute Gasteiger partial charge is 0.256 e. The van der Waals surface area contributed by atoms with Crippen LogP contribution in [0.2, 0.25) is 0 Å². The SMILES string of the molecule is CCCOc1c(C)cc(NC(=O)C(C)(CC(C)C)OCCC)cc1C. The summed E-state index contributed by atoms with van der Waals surface area (Å²) < 4.78 is 11.7. The van der Waals surface area contributed by atoms with Crippen molar-refractivity contribution in [3.05, 3.63) is 23.3 Å². The van der Waals surface area contributed by atoms with Gasteiger partial charge in [-0.05, 0) is 69.2 Å². The number of hydrogen-bond acceptors (Lipinski definition) is 3. The number of carbonyl (C=O) groups is 1. The predicted molar refractivity (Wildman–Crippen MR) is 104 cm³/mol. The molecular formula is C21H35NO3. The Hall–Kier alpha value is -1.55. The molecule has 0 saturated carbocycles. The molecule has 0 aliphatic rings. The molecule has 0 heterocycles. The Bertz CT molecular complexity index is 545. The standard InChI is InChI=1S/C21H35NO3/c1-8-10-24-19-16(5)12-18(13-17(19)6)22-20(23)21(7,14-15(3)4)25-11-9-2/h12-13,15H,8-11,14H2,1-7H3,(H,22,23). The van der Waals surface area contributed by atoms with E-state index in [2.05, 4.69) is 33.0 Å². The van der Waals surface area contributed by atoms with Crippen molar-refractivity contribution in [2.45, 2.75) is 73.3 Å². The average molecular weight is 350 g/mol. The van der Waals surface area contributed by atoms with Crippen LogP contribution >= 0.6 is 0 Å². The zero-order chi connectivity index (χ0) is 19.0. The minimum absolute atomic E-state index is 0.0873. The zero-order valence-corrected chi connectivity index (χ0v) is 17.0. The minimum atomic E-state index is -0.816. The van der Waals surface area contributed by atoms with Gasteiger partial charge in [0, 0.05) is 12.3 Å². The first kappa shape index (κ1) is 21.5. The molecule has 0 spiro atoms. The van der Waals surface area contributed by atoms with Gasteiger partial charge >= 0.3 is 0 Å². The highest BCUT2D eigenvalue weighted by atomic mass is 16.5. The molecule has 0 radical (unpaired) electrons. The second-order valence-corrected chi connectivity index (χ2v) is 7.42. The third-order valence-electron chi connectivity index (χ3n) is 4.07. The fourth-order valence-corrected chi connectivity index (χ4v) is 3.04. The average Bonchev–Trinajstić information content (AvgIpc) is 2.51. The van der Waals surface area contributed by atoms with Crippen molar-refractivity contribution in [2.75, 3.05) is 18.5 Å². The molecule has 142 valence electrons. The second-order valence-electron chi connectivity index (χ2n) is 7.42. The molecular weight excluding hydrogens is 314 g/mol. The quantitative estimate of drug-likeness (QED) is 0.626. The van der Waals surface area contributed by atoms with Crippen molar-refractivity contribution in [1.29, 1.82) is 0 Å². The van der Waals surface area contributed by atoms with Crippen molar-refractivity contribution in [3.63, 3.8) is 0 Å². The highest BCUT2D eigenvalue weighted by Gasteiger charge is 2.35. The van der Waals surface area contributed by atoms with Gasteiger partial charge in [-0.2, -0.15) is 0 Å². The van der Waals surface area contributed by atoms with Crippen molar-refractivity contribution in [3.8, 4) is 5.75 Å². The molecule has 25 heavy (non-hydrogen) atoms. The highest BCUT2D eigenvalue weighted by molar-refractivity contribution is 5.97. The third kappa shape index (κ3) is 6.35. The summed E-state index contributed by atoms with van der Waals surface area (Å²) in [6.07, 6.45) is 2.55. The fraction of sp³-hybridized carbons (Fsp3) is 0.667. The van der Waals surface area contributed by atoms with Crippen LogP contribution in [-0.2, 0) is 9.53 Å². The molecule has 0 fully saturated rings. The van der Waals surface area contributed by atoms with Crippen LogP contribution in [0.15, 0.2) is 12.1 Å². The number of benzene rings is 1. The molecule has 1 amide bonds.